The minimum absolute atomic E-state index is 0.190. The number of halogens is 1. The number of rotatable bonds is 1. The van der Waals surface area contributed by atoms with Gasteiger partial charge in [0.15, 0.2) is 5.82 Å². The van der Waals surface area contributed by atoms with Gasteiger partial charge in [0.25, 0.3) is 0 Å². The maximum absolute atomic E-state index is 13.0. The highest BCUT2D eigenvalue weighted by atomic mass is 19.1. The Morgan fingerprint density at radius 2 is 2.33 bits per heavy atom. The molecular formula is C6H2FN3O5. The highest BCUT2D eigenvalue weighted by Gasteiger charge is 2.31. The highest BCUT2D eigenvalue weighted by molar-refractivity contribution is 5.84. The van der Waals surface area contributed by atoms with Crippen molar-refractivity contribution in [2.24, 2.45) is 0 Å². The normalized spacial score (nSPS) is 10.7. The number of benzene rings is 1. The van der Waals surface area contributed by atoms with Crippen molar-refractivity contribution in [2.75, 3.05) is 0 Å². The molecule has 15 heavy (non-hydrogen) atoms. The third-order valence-corrected chi connectivity index (χ3v) is 1.77. The predicted molar refractivity (Wildman–Crippen MR) is 41.2 cm³/mol. The fraction of sp³-hybridized carbons (Fsp3) is 0. The summed E-state index contributed by atoms with van der Waals surface area (Å²) in [5.74, 6) is -2.47. The van der Waals surface area contributed by atoms with Crippen LogP contribution in [0.5, 0.6) is 5.75 Å². The summed E-state index contributed by atoms with van der Waals surface area (Å²) in [7, 11) is 0. The molecule has 0 aliphatic carbocycles. The smallest absolute Gasteiger partial charge is 0.371 e. The summed E-state index contributed by atoms with van der Waals surface area (Å²) < 4.78 is 17.0. The minimum atomic E-state index is -1.29. The molecule has 0 radical (unpaired) electrons. The SMILES string of the molecule is O=[N+]([O-])c1c(O)c(F)cc2c1no[n+]2[O-]. The van der Waals surface area contributed by atoms with E-state index in [-0.39, 0.29) is 4.90 Å². The number of hydrogen-bond acceptors (Lipinski definition) is 6. The molecule has 1 heterocycles. The Labute approximate surface area is 79.8 Å². The summed E-state index contributed by atoms with van der Waals surface area (Å²) >= 11 is 0. The lowest BCUT2D eigenvalue weighted by molar-refractivity contribution is -0.782. The molecule has 1 N–H and O–H groups in total. The molecule has 78 valence electrons. The molecule has 1 aromatic carbocycles. The van der Waals surface area contributed by atoms with E-state index in [0.717, 1.165) is 0 Å². The summed E-state index contributed by atoms with van der Waals surface area (Å²) in [6.45, 7) is 0. The van der Waals surface area contributed by atoms with E-state index in [2.05, 4.69) is 9.79 Å². The molecule has 0 fully saturated rings. The van der Waals surface area contributed by atoms with E-state index in [1.165, 1.54) is 0 Å². The minimum Gasteiger partial charge on any atom is -0.500 e. The third-order valence-electron chi connectivity index (χ3n) is 1.77. The molecule has 0 unspecified atom stereocenters. The monoisotopic (exact) mass is 215 g/mol. The number of nitro groups is 1. The topological polar surface area (TPSA) is 116 Å². The molecule has 1 aromatic heterocycles. The molecule has 0 saturated carbocycles. The molecule has 9 heteroatoms. The van der Waals surface area contributed by atoms with E-state index in [1.807, 2.05) is 0 Å². The molecule has 0 spiro atoms. The van der Waals surface area contributed by atoms with Gasteiger partial charge in [0.05, 0.1) is 10.1 Å². The Bertz CT molecular complexity index is 565. The number of aromatic hydroxyl groups is 1. The van der Waals surface area contributed by atoms with Gasteiger partial charge < -0.3 is 10.3 Å². The van der Waals surface area contributed by atoms with Gasteiger partial charge in [-0.3, -0.25) is 14.7 Å². The van der Waals surface area contributed by atoms with Crippen molar-refractivity contribution in [1.29, 1.82) is 0 Å². The molecule has 0 bridgehead atoms. The first-order valence-corrected chi connectivity index (χ1v) is 3.57. The van der Waals surface area contributed by atoms with Crippen molar-refractivity contribution in [2.45, 2.75) is 0 Å². The number of phenolic OH excluding ortho intramolecular Hbond substituents is 1. The lowest BCUT2D eigenvalue weighted by Gasteiger charge is -1.94. The van der Waals surface area contributed by atoms with Gasteiger partial charge in [0.2, 0.25) is 11.3 Å². The molecule has 8 nitrogen and oxygen atoms in total. The van der Waals surface area contributed by atoms with Gasteiger partial charge in [-0.25, -0.2) is 4.39 Å². The van der Waals surface area contributed by atoms with Gasteiger partial charge in [0.1, 0.15) is 0 Å². The maximum atomic E-state index is 13.0. The fourth-order valence-electron chi connectivity index (χ4n) is 1.13. The Kier molecular flexibility index (Phi) is 1.68. The Hall–Kier alpha value is -2.45. The molecule has 0 aliphatic heterocycles. The lowest BCUT2D eigenvalue weighted by Crippen LogP contribution is -2.22. The van der Waals surface area contributed by atoms with E-state index >= 15 is 0 Å². The van der Waals surface area contributed by atoms with Crippen LogP contribution in [0.15, 0.2) is 10.7 Å². The summed E-state index contributed by atoms with van der Waals surface area (Å²) in [6, 6.07) is 0.598. The Balaban J connectivity index is 2.97. The average Bonchev–Trinajstić information content (AvgIpc) is 2.49. The van der Waals surface area contributed by atoms with E-state index in [1.54, 1.807) is 0 Å². The van der Waals surface area contributed by atoms with Crippen molar-refractivity contribution in [3.05, 3.63) is 27.2 Å². The number of aromatic nitrogens is 2. The first-order valence-electron chi connectivity index (χ1n) is 3.57. The van der Waals surface area contributed by atoms with E-state index in [4.69, 9.17) is 5.11 Å². The van der Waals surface area contributed by atoms with Crippen molar-refractivity contribution < 1.29 is 24.0 Å². The number of fused-ring (bicyclic) bond motifs is 1. The van der Waals surface area contributed by atoms with Gasteiger partial charge >= 0.3 is 11.2 Å². The molecule has 0 atom stereocenters. The second-order valence-corrected chi connectivity index (χ2v) is 2.61. The molecule has 0 saturated heterocycles. The second kappa shape index (κ2) is 2.77. The largest absolute Gasteiger partial charge is 0.500 e. The van der Waals surface area contributed by atoms with Crippen molar-refractivity contribution in [3.63, 3.8) is 0 Å². The van der Waals surface area contributed by atoms with Crippen molar-refractivity contribution in [3.8, 4) is 5.75 Å². The number of phenols is 1. The highest BCUT2D eigenvalue weighted by Crippen LogP contribution is 2.34. The Morgan fingerprint density at radius 1 is 1.67 bits per heavy atom. The summed E-state index contributed by atoms with van der Waals surface area (Å²) in [5.41, 5.74) is -1.96. The van der Waals surface area contributed by atoms with Crippen LogP contribution >= 0.6 is 0 Å². The van der Waals surface area contributed by atoms with Gasteiger partial charge in [-0.15, -0.1) is 0 Å². The lowest BCUT2D eigenvalue weighted by atomic mass is 10.2. The van der Waals surface area contributed by atoms with E-state index in [0.29, 0.717) is 6.07 Å². The number of nitrogens with zero attached hydrogens (tertiary/aromatic N) is 3. The van der Waals surface area contributed by atoms with Crippen molar-refractivity contribution >= 4 is 16.7 Å². The van der Waals surface area contributed by atoms with Gasteiger partial charge in [-0.2, -0.15) is 0 Å². The first kappa shape index (κ1) is 9.12. The second-order valence-electron chi connectivity index (χ2n) is 2.61. The van der Waals surface area contributed by atoms with Crippen LogP contribution in [0.25, 0.3) is 11.0 Å². The van der Waals surface area contributed by atoms with Crippen LogP contribution in [0.4, 0.5) is 10.1 Å². The molecule has 2 aromatic rings. The Morgan fingerprint density at radius 3 is 2.93 bits per heavy atom. The van der Waals surface area contributed by atoms with Gasteiger partial charge in [0, 0.05) is 6.07 Å². The zero-order valence-corrected chi connectivity index (χ0v) is 6.88. The van der Waals surface area contributed by atoms with Crippen molar-refractivity contribution in [1.82, 2.24) is 5.16 Å². The van der Waals surface area contributed by atoms with Gasteiger partial charge in [-0.05, 0) is 4.90 Å². The predicted octanol–water partition coefficient (Wildman–Crippen LogP) is 0.214. The summed E-state index contributed by atoms with van der Waals surface area (Å²) in [6.07, 6.45) is 0. The van der Waals surface area contributed by atoms with E-state index < -0.39 is 33.2 Å². The van der Waals surface area contributed by atoms with Crippen LogP contribution < -0.4 is 4.90 Å². The van der Waals surface area contributed by atoms with Crippen LogP contribution in [0, 0.1) is 21.1 Å². The molecular weight excluding hydrogens is 213 g/mol. The summed E-state index contributed by atoms with van der Waals surface area (Å²) in [4.78, 5) is 9.24. The average molecular weight is 215 g/mol. The molecule has 0 aliphatic rings. The zero-order valence-electron chi connectivity index (χ0n) is 6.88. The fourth-order valence-corrected chi connectivity index (χ4v) is 1.13. The van der Waals surface area contributed by atoms with Crippen LogP contribution in [0.3, 0.4) is 0 Å². The number of hydrogen-bond donors (Lipinski definition) is 1. The quantitative estimate of drug-likeness (QED) is 0.413. The standard InChI is InChI=1S/C6H2FN3O5/c7-2-1-3-4(8-15-10(3)14)5(6(2)11)9(12)13/h1,11H. The van der Waals surface area contributed by atoms with Crippen LogP contribution in [0.2, 0.25) is 0 Å². The zero-order chi connectivity index (χ0) is 11.2. The maximum Gasteiger partial charge on any atom is 0.371 e. The molecule has 2 rings (SSSR count). The first-order chi connectivity index (χ1) is 7.02. The number of nitro benzene ring substituents is 1. The van der Waals surface area contributed by atoms with E-state index in [9.17, 15) is 19.7 Å². The molecule has 0 amide bonds. The van der Waals surface area contributed by atoms with Crippen LogP contribution in [-0.4, -0.2) is 15.2 Å². The van der Waals surface area contributed by atoms with Crippen LogP contribution in [-0.2, 0) is 0 Å². The summed E-state index contributed by atoms with van der Waals surface area (Å²) in [5, 5.41) is 33.4. The van der Waals surface area contributed by atoms with Gasteiger partial charge in [-0.1, -0.05) is 0 Å². The van der Waals surface area contributed by atoms with Crippen LogP contribution in [0.1, 0.15) is 0 Å². The third kappa shape index (κ3) is 1.13.